The molecule has 130 valence electrons. The summed E-state index contributed by atoms with van der Waals surface area (Å²) in [6.45, 7) is 0. The molecule has 4 nitrogen and oxygen atoms in total. The molecule has 0 radical (unpaired) electrons. The summed E-state index contributed by atoms with van der Waals surface area (Å²) in [5.41, 5.74) is 0.163. The number of hydrogen-bond acceptors (Lipinski definition) is 2. The molecule has 3 rings (SSSR count). The fourth-order valence-corrected chi connectivity index (χ4v) is 3.05. The highest BCUT2D eigenvalue weighted by atomic mass is 19.4. The van der Waals surface area contributed by atoms with Crippen LogP contribution in [0.1, 0.15) is 49.9 Å². The highest BCUT2D eigenvalue weighted by Gasteiger charge is 2.35. The fourth-order valence-electron chi connectivity index (χ4n) is 3.05. The van der Waals surface area contributed by atoms with Gasteiger partial charge in [0.2, 0.25) is 0 Å². The van der Waals surface area contributed by atoms with Crippen molar-refractivity contribution in [1.82, 2.24) is 5.32 Å². The van der Waals surface area contributed by atoms with Crippen molar-refractivity contribution < 1.29 is 27.9 Å². The molecule has 0 saturated heterocycles. The number of alkyl halides is 3. The number of amides is 1. The molecule has 7 heteroatoms. The van der Waals surface area contributed by atoms with E-state index in [1.165, 1.54) is 24.3 Å². The van der Waals surface area contributed by atoms with Crippen molar-refractivity contribution in [3.63, 3.8) is 0 Å². The van der Waals surface area contributed by atoms with Gasteiger partial charge in [0.05, 0.1) is 22.7 Å². The van der Waals surface area contributed by atoms with Crippen LogP contribution in [0.15, 0.2) is 42.5 Å². The Morgan fingerprint density at radius 1 is 1.12 bits per heavy atom. The SMILES string of the molecule is O=C(O)c1ccc2c(c1)C(NC(=O)c1ccccc1C(F)(F)F)CC2. The summed E-state index contributed by atoms with van der Waals surface area (Å²) >= 11 is 0. The Bertz CT molecular complexity index is 846. The van der Waals surface area contributed by atoms with Gasteiger partial charge in [-0.15, -0.1) is 0 Å². The van der Waals surface area contributed by atoms with Gasteiger partial charge in [-0.1, -0.05) is 18.2 Å². The van der Waals surface area contributed by atoms with E-state index in [1.807, 2.05) is 0 Å². The molecule has 0 aliphatic heterocycles. The molecular formula is C18H14F3NO3. The first-order chi connectivity index (χ1) is 11.8. The maximum absolute atomic E-state index is 13.1. The zero-order chi connectivity index (χ0) is 18.2. The minimum Gasteiger partial charge on any atom is -0.478 e. The van der Waals surface area contributed by atoms with E-state index >= 15 is 0 Å². The topological polar surface area (TPSA) is 66.4 Å². The molecule has 0 bridgehead atoms. The van der Waals surface area contributed by atoms with E-state index in [1.54, 1.807) is 6.07 Å². The minimum absolute atomic E-state index is 0.0793. The van der Waals surface area contributed by atoms with Crippen LogP contribution in [0.2, 0.25) is 0 Å². The van der Waals surface area contributed by atoms with Crippen molar-refractivity contribution >= 4 is 11.9 Å². The first kappa shape index (κ1) is 17.0. The number of aromatic carboxylic acids is 1. The number of benzene rings is 2. The molecule has 0 fully saturated rings. The number of carbonyl (C=O) groups is 2. The Balaban J connectivity index is 1.88. The number of hydrogen-bond donors (Lipinski definition) is 2. The predicted molar refractivity (Wildman–Crippen MR) is 83.4 cm³/mol. The zero-order valence-corrected chi connectivity index (χ0v) is 12.9. The summed E-state index contributed by atoms with van der Waals surface area (Å²) in [7, 11) is 0. The second-order valence-corrected chi connectivity index (χ2v) is 5.83. The number of nitrogens with one attached hydrogen (secondary N) is 1. The smallest absolute Gasteiger partial charge is 0.417 e. The van der Waals surface area contributed by atoms with Crippen LogP contribution >= 0.6 is 0 Å². The molecule has 1 unspecified atom stereocenters. The van der Waals surface area contributed by atoms with Crippen molar-refractivity contribution in [2.75, 3.05) is 0 Å². The molecule has 1 aliphatic rings. The number of fused-ring (bicyclic) bond motifs is 1. The lowest BCUT2D eigenvalue weighted by atomic mass is 10.0. The molecule has 0 heterocycles. The Labute approximate surface area is 141 Å². The highest BCUT2D eigenvalue weighted by molar-refractivity contribution is 5.96. The van der Waals surface area contributed by atoms with Gasteiger partial charge in [-0.05, 0) is 48.2 Å². The summed E-state index contributed by atoms with van der Waals surface area (Å²) in [6, 6.07) is 8.69. The molecule has 25 heavy (non-hydrogen) atoms. The van der Waals surface area contributed by atoms with Crippen molar-refractivity contribution in [2.24, 2.45) is 0 Å². The molecule has 0 spiro atoms. The molecule has 0 saturated carbocycles. The van der Waals surface area contributed by atoms with Crippen molar-refractivity contribution in [3.05, 3.63) is 70.3 Å². The monoisotopic (exact) mass is 349 g/mol. The molecule has 1 amide bonds. The van der Waals surface area contributed by atoms with Crippen molar-refractivity contribution in [1.29, 1.82) is 0 Å². The van der Waals surface area contributed by atoms with Crippen LogP contribution < -0.4 is 5.32 Å². The lowest BCUT2D eigenvalue weighted by Gasteiger charge is -2.17. The molecule has 2 aromatic rings. The average molecular weight is 349 g/mol. The van der Waals surface area contributed by atoms with E-state index in [9.17, 15) is 22.8 Å². The van der Waals surface area contributed by atoms with Crippen LogP contribution in [0, 0.1) is 0 Å². The molecule has 1 aliphatic carbocycles. The zero-order valence-electron chi connectivity index (χ0n) is 12.9. The van der Waals surface area contributed by atoms with Crippen molar-refractivity contribution in [3.8, 4) is 0 Å². The van der Waals surface area contributed by atoms with Gasteiger partial charge in [0.25, 0.3) is 5.91 Å². The van der Waals surface area contributed by atoms with Gasteiger partial charge >= 0.3 is 12.1 Å². The lowest BCUT2D eigenvalue weighted by molar-refractivity contribution is -0.137. The number of carboxylic acid groups (broad SMARTS) is 1. The van der Waals surface area contributed by atoms with Gasteiger partial charge in [-0.25, -0.2) is 4.79 Å². The van der Waals surface area contributed by atoms with E-state index < -0.39 is 35.2 Å². The second kappa shape index (κ2) is 6.23. The fraction of sp³-hybridized carbons (Fsp3) is 0.222. The number of carboxylic acids is 1. The largest absolute Gasteiger partial charge is 0.478 e. The van der Waals surface area contributed by atoms with Crippen LogP contribution in [0.3, 0.4) is 0 Å². The maximum Gasteiger partial charge on any atom is 0.417 e. The van der Waals surface area contributed by atoms with Crippen LogP contribution in [-0.4, -0.2) is 17.0 Å². The predicted octanol–water partition coefficient (Wildman–Crippen LogP) is 3.82. The molecular weight excluding hydrogens is 335 g/mol. The van der Waals surface area contributed by atoms with Gasteiger partial charge in [0.15, 0.2) is 0 Å². The van der Waals surface area contributed by atoms with Gasteiger partial charge in [0.1, 0.15) is 0 Å². The van der Waals surface area contributed by atoms with Gasteiger partial charge < -0.3 is 10.4 Å². The minimum atomic E-state index is -4.63. The molecule has 2 N–H and O–H groups in total. The first-order valence-corrected chi connectivity index (χ1v) is 7.60. The van der Waals surface area contributed by atoms with Gasteiger partial charge in [-0.2, -0.15) is 13.2 Å². The average Bonchev–Trinajstić information content (AvgIpc) is 2.96. The second-order valence-electron chi connectivity index (χ2n) is 5.83. The Morgan fingerprint density at radius 2 is 1.84 bits per heavy atom. The van der Waals surface area contributed by atoms with E-state index in [0.717, 1.165) is 17.7 Å². The van der Waals surface area contributed by atoms with E-state index in [4.69, 9.17) is 5.11 Å². The van der Waals surface area contributed by atoms with Crippen LogP contribution in [0.4, 0.5) is 13.2 Å². The number of aryl methyl sites for hydroxylation is 1. The molecule has 2 aromatic carbocycles. The van der Waals surface area contributed by atoms with Gasteiger partial charge in [0, 0.05) is 0 Å². The van der Waals surface area contributed by atoms with Gasteiger partial charge in [-0.3, -0.25) is 4.79 Å². The van der Waals surface area contributed by atoms with E-state index in [-0.39, 0.29) is 5.56 Å². The lowest BCUT2D eigenvalue weighted by Crippen LogP contribution is -2.29. The summed E-state index contributed by atoms with van der Waals surface area (Å²) in [5, 5.41) is 11.7. The number of carbonyl (C=O) groups excluding carboxylic acids is 1. The van der Waals surface area contributed by atoms with Crippen LogP contribution in [-0.2, 0) is 12.6 Å². The third-order valence-corrected chi connectivity index (χ3v) is 4.25. The maximum atomic E-state index is 13.1. The number of rotatable bonds is 3. The highest BCUT2D eigenvalue weighted by Crippen LogP contribution is 2.34. The summed E-state index contributed by atoms with van der Waals surface area (Å²) in [4.78, 5) is 23.5. The third-order valence-electron chi connectivity index (χ3n) is 4.25. The number of halogens is 3. The third kappa shape index (κ3) is 3.35. The Kier molecular flexibility index (Phi) is 4.24. The standard InChI is InChI=1S/C18H14F3NO3/c19-18(20,21)14-4-2-1-3-12(14)16(23)22-15-8-7-10-5-6-11(17(24)25)9-13(10)15/h1-6,9,15H,7-8H2,(H,22,23)(H,24,25). The Morgan fingerprint density at radius 3 is 2.52 bits per heavy atom. The van der Waals surface area contributed by atoms with E-state index in [2.05, 4.69) is 5.32 Å². The summed E-state index contributed by atoms with van der Waals surface area (Å²) in [6.07, 6.45) is -3.49. The summed E-state index contributed by atoms with van der Waals surface area (Å²) in [5.74, 6) is -1.92. The summed E-state index contributed by atoms with van der Waals surface area (Å²) < 4.78 is 39.2. The Hall–Kier alpha value is -2.83. The molecule has 1 atom stereocenters. The molecule has 0 aromatic heterocycles. The quantitative estimate of drug-likeness (QED) is 0.885. The normalized spacial score (nSPS) is 16.4. The van der Waals surface area contributed by atoms with Crippen molar-refractivity contribution in [2.45, 2.75) is 25.1 Å². The van der Waals surface area contributed by atoms with E-state index in [0.29, 0.717) is 18.4 Å². The van der Waals surface area contributed by atoms with Crippen LogP contribution in [0.5, 0.6) is 0 Å². The van der Waals surface area contributed by atoms with Crippen LogP contribution in [0.25, 0.3) is 0 Å². The first-order valence-electron chi connectivity index (χ1n) is 7.60.